The number of aryl methyl sites for hydroxylation is 2. The third-order valence-electron chi connectivity index (χ3n) is 5.34. The van der Waals surface area contributed by atoms with Gasteiger partial charge in [-0.1, -0.05) is 23.7 Å². The van der Waals surface area contributed by atoms with Gasteiger partial charge in [-0.05, 0) is 55.2 Å². The van der Waals surface area contributed by atoms with Gasteiger partial charge in [0.2, 0.25) is 5.91 Å². The van der Waals surface area contributed by atoms with Crippen LogP contribution in [-0.4, -0.2) is 38.8 Å². The van der Waals surface area contributed by atoms with Gasteiger partial charge in [0.15, 0.2) is 0 Å². The zero-order valence-electron chi connectivity index (χ0n) is 16.4. The Bertz CT molecular complexity index is 1010. The second-order valence-electron chi connectivity index (χ2n) is 7.50. The number of hydrogen-bond acceptors (Lipinski definition) is 4. The van der Waals surface area contributed by atoms with Gasteiger partial charge in [-0.15, -0.1) is 0 Å². The molecule has 0 bridgehead atoms. The van der Waals surface area contributed by atoms with E-state index in [0.29, 0.717) is 17.9 Å². The largest absolute Gasteiger partial charge is 0.342 e. The fourth-order valence-electron chi connectivity index (χ4n) is 3.85. The lowest BCUT2D eigenvalue weighted by atomic mass is 10.00. The van der Waals surface area contributed by atoms with Crippen LogP contribution in [0.15, 0.2) is 55.1 Å². The Balaban J connectivity index is 1.42. The van der Waals surface area contributed by atoms with E-state index in [1.807, 2.05) is 54.5 Å². The molecule has 1 aromatic carbocycles. The fourth-order valence-corrected chi connectivity index (χ4v) is 4.06. The van der Waals surface area contributed by atoms with Gasteiger partial charge in [0, 0.05) is 59.8 Å². The number of rotatable bonds is 5. The van der Waals surface area contributed by atoms with E-state index in [1.165, 1.54) is 6.33 Å². The van der Waals surface area contributed by atoms with Crippen molar-refractivity contribution in [2.24, 2.45) is 0 Å². The van der Waals surface area contributed by atoms with Gasteiger partial charge in [-0.3, -0.25) is 9.78 Å². The van der Waals surface area contributed by atoms with Crippen molar-refractivity contribution in [3.63, 3.8) is 0 Å². The molecule has 1 amide bonds. The summed E-state index contributed by atoms with van der Waals surface area (Å²) in [5.41, 5.74) is 5.14. The second kappa shape index (κ2) is 8.70. The van der Waals surface area contributed by atoms with Crippen molar-refractivity contribution in [2.45, 2.75) is 32.1 Å². The maximum absolute atomic E-state index is 12.7. The monoisotopic (exact) mass is 406 g/mol. The molecule has 2 aromatic heterocycles. The average Bonchev–Trinajstić information content (AvgIpc) is 3.23. The van der Waals surface area contributed by atoms with Gasteiger partial charge in [-0.2, -0.15) is 0 Å². The molecule has 4 rings (SSSR count). The summed E-state index contributed by atoms with van der Waals surface area (Å²) >= 11 is 6.03. The Morgan fingerprint density at radius 1 is 1.17 bits per heavy atom. The van der Waals surface area contributed by atoms with Crippen LogP contribution < -0.4 is 0 Å². The van der Waals surface area contributed by atoms with E-state index in [-0.39, 0.29) is 11.8 Å². The lowest BCUT2D eigenvalue weighted by molar-refractivity contribution is -0.130. The van der Waals surface area contributed by atoms with Gasteiger partial charge >= 0.3 is 0 Å². The molecule has 0 saturated carbocycles. The van der Waals surface area contributed by atoms with E-state index in [2.05, 4.69) is 16.0 Å². The molecular formula is C23H23ClN4O. The molecule has 1 saturated heterocycles. The van der Waals surface area contributed by atoms with E-state index < -0.39 is 0 Å². The summed E-state index contributed by atoms with van der Waals surface area (Å²) in [4.78, 5) is 27.6. The van der Waals surface area contributed by atoms with Crippen LogP contribution in [0.4, 0.5) is 0 Å². The van der Waals surface area contributed by atoms with Crippen molar-refractivity contribution in [1.82, 2.24) is 19.9 Å². The molecule has 1 atom stereocenters. The standard InChI is InChI=1S/C23H23ClN4O/c1-16-9-19(20-12-25-15-26-13-20)11-22(27-16)18-7-8-28(14-18)23(29)6-5-17-3-2-4-21(24)10-17/h2-4,9-13,15,18H,5-8,14H2,1H3/t18-/m1/s1. The van der Waals surface area contributed by atoms with Crippen LogP contribution in [0.3, 0.4) is 0 Å². The molecule has 29 heavy (non-hydrogen) atoms. The number of carbonyl (C=O) groups is 1. The Morgan fingerprint density at radius 2 is 2.00 bits per heavy atom. The second-order valence-corrected chi connectivity index (χ2v) is 7.94. The number of amides is 1. The highest BCUT2D eigenvalue weighted by Gasteiger charge is 2.28. The van der Waals surface area contributed by atoms with E-state index in [4.69, 9.17) is 16.6 Å². The Kier molecular flexibility index (Phi) is 5.86. The van der Waals surface area contributed by atoms with Crippen LogP contribution >= 0.6 is 11.6 Å². The van der Waals surface area contributed by atoms with Gasteiger partial charge in [0.25, 0.3) is 0 Å². The van der Waals surface area contributed by atoms with Crippen LogP contribution in [-0.2, 0) is 11.2 Å². The van der Waals surface area contributed by atoms with Crippen molar-refractivity contribution in [2.75, 3.05) is 13.1 Å². The SMILES string of the molecule is Cc1cc(-c2cncnc2)cc([C@@H]2CCN(C(=O)CCc3cccc(Cl)c3)C2)n1. The molecule has 5 nitrogen and oxygen atoms in total. The number of nitrogens with zero attached hydrogens (tertiary/aromatic N) is 4. The summed E-state index contributed by atoms with van der Waals surface area (Å²) in [5.74, 6) is 0.449. The topological polar surface area (TPSA) is 59.0 Å². The molecule has 0 unspecified atom stereocenters. The van der Waals surface area contributed by atoms with Crippen molar-refractivity contribution >= 4 is 17.5 Å². The molecule has 148 valence electrons. The Labute approximate surface area is 175 Å². The molecule has 0 spiro atoms. The number of hydrogen-bond donors (Lipinski definition) is 0. The predicted octanol–water partition coefficient (Wildman–Crippen LogP) is 4.45. The first-order valence-corrected chi connectivity index (χ1v) is 10.2. The highest BCUT2D eigenvalue weighted by atomic mass is 35.5. The van der Waals surface area contributed by atoms with Gasteiger partial charge in [0.05, 0.1) is 0 Å². The molecule has 1 aliphatic heterocycles. The minimum Gasteiger partial charge on any atom is -0.342 e. The highest BCUT2D eigenvalue weighted by Crippen LogP contribution is 2.30. The van der Waals surface area contributed by atoms with E-state index >= 15 is 0 Å². The maximum atomic E-state index is 12.7. The molecule has 1 fully saturated rings. The highest BCUT2D eigenvalue weighted by molar-refractivity contribution is 6.30. The number of carbonyl (C=O) groups excluding carboxylic acids is 1. The third-order valence-corrected chi connectivity index (χ3v) is 5.58. The Morgan fingerprint density at radius 3 is 2.79 bits per heavy atom. The first-order chi connectivity index (χ1) is 14.1. The summed E-state index contributed by atoms with van der Waals surface area (Å²) in [5, 5.41) is 0.710. The summed E-state index contributed by atoms with van der Waals surface area (Å²) < 4.78 is 0. The lowest BCUT2D eigenvalue weighted by Gasteiger charge is -2.17. The fraction of sp³-hybridized carbons (Fsp3) is 0.304. The smallest absolute Gasteiger partial charge is 0.222 e. The lowest BCUT2D eigenvalue weighted by Crippen LogP contribution is -2.28. The zero-order valence-corrected chi connectivity index (χ0v) is 17.1. The molecule has 1 aliphatic rings. The summed E-state index contributed by atoms with van der Waals surface area (Å²) in [6, 6.07) is 11.9. The molecule has 3 heterocycles. The Hall–Kier alpha value is -2.79. The van der Waals surface area contributed by atoms with Crippen molar-refractivity contribution < 1.29 is 4.79 Å². The number of likely N-dealkylation sites (tertiary alicyclic amines) is 1. The summed E-state index contributed by atoms with van der Waals surface area (Å²) in [6.45, 7) is 3.49. The first-order valence-electron chi connectivity index (χ1n) is 9.84. The first kappa shape index (κ1) is 19.5. The average molecular weight is 407 g/mol. The van der Waals surface area contributed by atoms with Crippen molar-refractivity contribution in [3.8, 4) is 11.1 Å². The minimum absolute atomic E-state index is 0.191. The normalized spacial score (nSPS) is 16.2. The van der Waals surface area contributed by atoms with Crippen molar-refractivity contribution in [1.29, 1.82) is 0 Å². The van der Waals surface area contributed by atoms with Gasteiger partial charge in [-0.25, -0.2) is 9.97 Å². The van der Waals surface area contributed by atoms with Crippen LogP contribution in [0.2, 0.25) is 5.02 Å². The third kappa shape index (κ3) is 4.80. The van der Waals surface area contributed by atoms with Crippen LogP contribution in [0.1, 0.15) is 35.7 Å². The molecule has 0 aliphatic carbocycles. The molecule has 6 heteroatoms. The van der Waals surface area contributed by atoms with Crippen LogP contribution in [0, 0.1) is 6.92 Å². The minimum atomic E-state index is 0.191. The molecule has 3 aromatic rings. The van der Waals surface area contributed by atoms with Gasteiger partial charge < -0.3 is 4.90 Å². The molecule has 0 radical (unpaired) electrons. The quantitative estimate of drug-likeness (QED) is 0.628. The summed E-state index contributed by atoms with van der Waals surface area (Å²) in [7, 11) is 0. The van der Waals surface area contributed by atoms with Crippen LogP contribution in [0.5, 0.6) is 0 Å². The molecule has 0 N–H and O–H groups in total. The van der Waals surface area contributed by atoms with E-state index in [1.54, 1.807) is 0 Å². The summed E-state index contributed by atoms with van der Waals surface area (Å²) in [6.07, 6.45) is 7.30. The number of benzene rings is 1. The van der Waals surface area contributed by atoms with E-state index in [9.17, 15) is 4.79 Å². The number of aromatic nitrogens is 3. The van der Waals surface area contributed by atoms with Gasteiger partial charge in [0.1, 0.15) is 6.33 Å². The zero-order chi connectivity index (χ0) is 20.2. The van der Waals surface area contributed by atoms with Crippen molar-refractivity contribution in [3.05, 3.63) is 77.1 Å². The maximum Gasteiger partial charge on any atom is 0.222 e. The number of halogens is 1. The van der Waals surface area contributed by atoms with Crippen LogP contribution in [0.25, 0.3) is 11.1 Å². The predicted molar refractivity (Wildman–Crippen MR) is 114 cm³/mol. The van der Waals surface area contributed by atoms with E-state index in [0.717, 1.165) is 47.6 Å². The number of pyridine rings is 1. The molecular weight excluding hydrogens is 384 g/mol.